The molecule has 5 rings (SSSR count). The van der Waals surface area contributed by atoms with E-state index in [0.29, 0.717) is 16.0 Å². The highest BCUT2D eigenvalue weighted by Gasteiger charge is 2.29. The molecule has 0 spiro atoms. The number of halogens is 1. The molecule has 6 heteroatoms. The summed E-state index contributed by atoms with van der Waals surface area (Å²) in [7, 11) is 0. The van der Waals surface area contributed by atoms with Crippen molar-refractivity contribution in [3.8, 4) is 0 Å². The van der Waals surface area contributed by atoms with Gasteiger partial charge >= 0.3 is 0 Å². The molecule has 0 saturated heterocycles. The summed E-state index contributed by atoms with van der Waals surface area (Å²) in [6.45, 7) is 2.15. The van der Waals surface area contributed by atoms with Crippen molar-refractivity contribution in [2.45, 2.75) is 37.2 Å². The normalized spacial score (nSPS) is 14.7. The Morgan fingerprint density at radius 2 is 1.62 bits per heavy atom. The van der Waals surface area contributed by atoms with E-state index in [9.17, 15) is 14.0 Å². The maximum Gasteiger partial charge on any atom is 0.265 e. The van der Waals surface area contributed by atoms with Gasteiger partial charge in [0.05, 0.1) is 17.1 Å². The van der Waals surface area contributed by atoms with Gasteiger partial charge in [-0.3, -0.25) is 9.59 Å². The van der Waals surface area contributed by atoms with Crippen molar-refractivity contribution in [2.75, 3.05) is 4.90 Å². The summed E-state index contributed by atoms with van der Waals surface area (Å²) in [5.41, 5.74) is 3.85. The van der Waals surface area contributed by atoms with Gasteiger partial charge in [-0.25, -0.2) is 4.39 Å². The van der Waals surface area contributed by atoms with Gasteiger partial charge in [0, 0.05) is 22.1 Å². The highest BCUT2D eigenvalue weighted by Crippen LogP contribution is 2.42. The number of anilines is 1. The molecule has 1 atom stereocenters. The molecule has 2 amide bonds. The van der Waals surface area contributed by atoms with Crippen LogP contribution in [0.25, 0.3) is 6.08 Å². The first-order valence-electron chi connectivity index (χ1n) is 13.0. The van der Waals surface area contributed by atoms with Crippen molar-refractivity contribution >= 4 is 35.3 Å². The van der Waals surface area contributed by atoms with Gasteiger partial charge in [0.1, 0.15) is 5.82 Å². The van der Waals surface area contributed by atoms with Crippen LogP contribution in [0.3, 0.4) is 0 Å². The van der Waals surface area contributed by atoms with E-state index in [4.69, 9.17) is 0 Å². The number of nitrogens with one attached hydrogen (secondary N) is 1. The maximum atomic E-state index is 14.4. The molecule has 0 aliphatic carbocycles. The minimum Gasteiger partial charge on any atom is -0.350 e. The molecule has 196 valence electrons. The molecule has 0 radical (unpaired) electrons. The Bertz CT molecular complexity index is 1500. The molecule has 0 bridgehead atoms. The van der Waals surface area contributed by atoms with Gasteiger partial charge in [-0.2, -0.15) is 0 Å². The second-order valence-electron chi connectivity index (χ2n) is 9.58. The van der Waals surface area contributed by atoms with E-state index in [1.807, 2.05) is 67.6 Å². The van der Waals surface area contributed by atoms with Crippen LogP contribution in [-0.4, -0.2) is 17.9 Å². The SMILES string of the molecule is CC(CCc1ccccc1)NC(=O)c1ccc(/C=C2/Sc3ccccc3N(Cc3ccccc3F)C2=O)cc1. The Hall–Kier alpha value is -4.16. The summed E-state index contributed by atoms with van der Waals surface area (Å²) >= 11 is 1.40. The molecule has 4 nitrogen and oxygen atoms in total. The number of benzene rings is 4. The van der Waals surface area contributed by atoms with Crippen LogP contribution in [0.2, 0.25) is 0 Å². The summed E-state index contributed by atoms with van der Waals surface area (Å²) in [4.78, 5) is 29.4. The number of thioether (sulfide) groups is 1. The van der Waals surface area contributed by atoms with Crippen molar-refractivity contribution in [1.29, 1.82) is 0 Å². The number of para-hydroxylation sites is 1. The van der Waals surface area contributed by atoms with Gasteiger partial charge in [0.15, 0.2) is 0 Å². The van der Waals surface area contributed by atoms with E-state index in [-0.39, 0.29) is 30.2 Å². The van der Waals surface area contributed by atoms with Gasteiger partial charge in [0.25, 0.3) is 11.8 Å². The zero-order valence-electron chi connectivity index (χ0n) is 21.6. The van der Waals surface area contributed by atoms with Crippen LogP contribution in [0.15, 0.2) is 113 Å². The predicted molar refractivity (Wildman–Crippen MR) is 156 cm³/mol. The molecule has 0 saturated carbocycles. The Labute approximate surface area is 232 Å². The topological polar surface area (TPSA) is 49.4 Å². The number of hydrogen-bond donors (Lipinski definition) is 1. The van der Waals surface area contributed by atoms with Crippen LogP contribution in [0.4, 0.5) is 10.1 Å². The third-order valence-electron chi connectivity index (χ3n) is 6.68. The van der Waals surface area contributed by atoms with Crippen molar-refractivity contribution < 1.29 is 14.0 Å². The molecule has 0 aromatic heterocycles. The smallest absolute Gasteiger partial charge is 0.265 e. The lowest BCUT2D eigenvalue weighted by Crippen LogP contribution is -2.34. The lowest BCUT2D eigenvalue weighted by Gasteiger charge is -2.30. The molecular weight excluding hydrogens is 507 g/mol. The van der Waals surface area contributed by atoms with Crippen LogP contribution in [-0.2, 0) is 17.8 Å². The fourth-order valence-corrected chi connectivity index (χ4v) is 5.56. The summed E-state index contributed by atoms with van der Waals surface area (Å²) in [5, 5.41) is 3.07. The molecular formula is C33H29FN2O2S. The second-order valence-corrected chi connectivity index (χ2v) is 10.7. The molecule has 1 unspecified atom stereocenters. The monoisotopic (exact) mass is 536 g/mol. The minimum absolute atomic E-state index is 0.0382. The van der Waals surface area contributed by atoms with E-state index >= 15 is 0 Å². The van der Waals surface area contributed by atoms with E-state index in [0.717, 1.165) is 29.0 Å². The molecule has 1 aliphatic rings. The maximum absolute atomic E-state index is 14.4. The highest BCUT2D eigenvalue weighted by atomic mass is 32.2. The Kier molecular flexibility index (Phi) is 8.23. The first kappa shape index (κ1) is 26.4. The number of carbonyl (C=O) groups excluding carboxylic acids is 2. The average Bonchev–Trinajstić information content (AvgIpc) is 2.96. The zero-order valence-corrected chi connectivity index (χ0v) is 22.5. The van der Waals surface area contributed by atoms with E-state index in [1.54, 1.807) is 35.2 Å². The zero-order chi connectivity index (χ0) is 27.2. The number of carbonyl (C=O) groups is 2. The van der Waals surface area contributed by atoms with Gasteiger partial charge in [-0.1, -0.05) is 84.6 Å². The minimum atomic E-state index is -0.338. The molecule has 1 heterocycles. The standard InChI is InChI=1S/C33H29FN2O2S/c1-23(15-16-24-9-3-2-4-10-24)35-32(37)26-19-17-25(18-20-26)21-31-33(38)36(22-27-11-5-6-12-28(27)34)29-13-7-8-14-30(29)39-31/h2-14,17-21,23H,15-16,22H2,1H3,(H,35,37)/b31-21+. The Morgan fingerprint density at radius 1 is 0.923 bits per heavy atom. The molecule has 39 heavy (non-hydrogen) atoms. The summed E-state index contributed by atoms with van der Waals surface area (Å²) in [5.74, 6) is -0.645. The Morgan fingerprint density at radius 3 is 2.38 bits per heavy atom. The van der Waals surface area contributed by atoms with Crippen LogP contribution < -0.4 is 10.2 Å². The van der Waals surface area contributed by atoms with Crippen molar-refractivity contribution in [1.82, 2.24) is 5.32 Å². The predicted octanol–water partition coefficient (Wildman–Crippen LogP) is 7.26. The Balaban J connectivity index is 1.28. The second kappa shape index (κ2) is 12.1. The molecule has 4 aromatic rings. The van der Waals surface area contributed by atoms with Crippen LogP contribution in [0.5, 0.6) is 0 Å². The van der Waals surface area contributed by atoms with Crippen molar-refractivity contribution in [3.63, 3.8) is 0 Å². The van der Waals surface area contributed by atoms with E-state index in [2.05, 4.69) is 17.4 Å². The van der Waals surface area contributed by atoms with Gasteiger partial charge in [-0.05, 0) is 67.3 Å². The number of rotatable bonds is 8. The lowest BCUT2D eigenvalue weighted by atomic mass is 10.1. The first-order chi connectivity index (χ1) is 19.0. The number of hydrogen-bond acceptors (Lipinski definition) is 3. The largest absolute Gasteiger partial charge is 0.350 e. The highest BCUT2D eigenvalue weighted by molar-refractivity contribution is 8.04. The quantitative estimate of drug-likeness (QED) is 0.241. The van der Waals surface area contributed by atoms with Gasteiger partial charge in [-0.15, -0.1) is 0 Å². The number of amides is 2. The number of nitrogens with zero attached hydrogens (tertiary/aromatic N) is 1. The van der Waals surface area contributed by atoms with Crippen LogP contribution in [0, 0.1) is 5.82 Å². The lowest BCUT2D eigenvalue weighted by molar-refractivity contribution is -0.114. The van der Waals surface area contributed by atoms with E-state index in [1.165, 1.54) is 23.4 Å². The summed E-state index contributed by atoms with van der Waals surface area (Å²) < 4.78 is 14.4. The average molecular weight is 537 g/mol. The molecule has 1 N–H and O–H groups in total. The van der Waals surface area contributed by atoms with Gasteiger partial charge in [0.2, 0.25) is 0 Å². The number of aryl methyl sites for hydroxylation is 1. The molecule has 0 fully saturated rings. The fourth-order valence-electron chi connectivity index (χ4n) is 4.51. The molecule has 1 aliphatic heterocycles. The third-order valence-corrected chi connectivity index (χ3v) is 7.75. The van der Waals surface area contributed by atoms with Crippen molar-refractivity contribution in [2.24, 2.45) is 0 Å². The van der Waals surface area contributed by atoms with Crippen LogP contribution >= 0.6 is 11.8 Å². The summed E-state index contributed by atoms with van der Waals surface area (Å²) in [6.07, 6.45) is 3.57. The fraction of sp³-hybridized carbons (Fsp3) is 0.152. The van der Waals surface area contributed by atoms with Gasteiger partial charge < -0.3 is 10.2 Å². The third kappa shape index (κ3) is 6.47. The molecule has 4 aromatic carbocycles. The van der Waals surface area contributed by atoms with Crippen molar-refractivity contribution in [3.05, 3.63) is 136 Å². The van der Waals surface area contributed by atoms with E-state index < -0.39 is 0 Å². The number of fused-ring (bicyclic) bond motifs is 1. The van der Waals surface area contributed by atoms with Crippen LogP contribution in [0.1, 0.15) is 40.4 Å². The summed E-state index contributed by atoms with van der Waals surface area (Å²) in [6, 6.07) is 31.6. The first-order valence-corrected chi connectivity index (χ1v) is 13.8.